The molecule has 0 unspecified atom stereocenters. The van der Waals surface area contributed by atoms with E-state index in [-0.39, 0.29) is 0 Å². The van der Waals surface area contributed by atoms with Gasteiger partial charge in [-0.25, -0.2) is 0 Å². The summed E-state index contributed by atoms with van der Waals surface area (Å²) in [7, 11) is 0. The molecule has 0 spiro atoms. The minimum absolute atomic E-state index is 1.03. The predicted molar refractivity (Wildman–Crippen MR) is 42.7 cm³/mol. The molecular weight excluding hydrogens is 110 g/mol. The van der Waals surface area contributed by atoms with E-state index >= 15 is 0 Å². The summed E-state index contributed by atoms with van der Waals surface area (Å²) in [6.45, 7) is 4.00. The summed E-state index contributed by atoms with van der Waals surface area (Å²) < 4.78 is 0. The Bertz CT molecular complexity index is 107. The van der Waals surface area contributed by atoms with Gasteiger partial charge >= 0.3 is 0 Å². The van der Waals surface area contributed by atoms with Crippen molar-refractivity contribution in [1.29, 1.82) is 0 Å². The second-order valence-electron chi connectivity index (χ2n) is 1.62. The topological polar surface area (TPSA) is 12.4 Å². The van der Waals surface area contributed by atoms with E-state index in [9.17, 15) is 0 Å². The molecule has 0 aliphatic carbocycles. The summed E-state index contributed by atoms with van der Waals surface area (Å²) in [5, 5.41) is 0. The highest BCUT2D eigenvalue weighted by molar-refractivity contribution is 5.62. The standard InChI is InChI=1S/C4H5N.C4H8/c1-2-4-5-3-1;1-3-4-2/h1,3-4H,2H2;3-4H,1-2H3. The van der Waals surface area contributed by atoms with Crippen LogP contribution in [-0.4, -0.2) is 6.21 Å². The van der Waals surface area contributed by atoms with Crippen LogP contribution >= 0.6 is 0 Å². The normalized spacial score (nSPS) is 14.0. The molecule has 0 N–H and O–H groups in total. The first-order valence-electron chi connectivity index (χ1n) is 3.15. The van der Waals surface area contributed by atoms with Gasteiger partial charge in [0.1, 0.15) is 0 Å². The quantitative estimate of drug-likeness (QED) is 0.439. The van der Waals surface area contributed by atoms with Gasteiger partial charge in [0.25, 0.3) is 0 Å². The van der Waals surface area contributed by atoms with E-state index in [1.54, 1.807) is 6.20 Å². The Kier molecular flexibility index (Phi) is 6.47. The Morgan fingerprint density at radius 1 is 1.33 bits per heavy atom. The molecule has 9 heavy (non-hydrogen) atoms. The maximum Gasteiger partial charge on any atom is 0.0227 e. The largest absolute Gasteiger partial charge is 0.269 e. The van der Waals surface area contributed by atoms with Gasteiger partial charge in [0, 0.05) is 18.8 Å². The molecule has 1 aliphatic rings. The molecule has 0 aromatic rings. The fourth-order valence-corrected chi connectivity index (χ4v) is 0.304. The van der Waals surface area contributed by atoms with Crippen molar-refractivity contribution in [2.24, 2.45) is 4.99 Å². The van der Waals surface area contributed by atoms with Crippen molar-refractivity contribution in [2.45, 2.75) is 20.3 Å². The Morgan fingerprint density at radius 2 is 2.00 bits per heavy atom. The maximum atomic E-state index is 3.78. The van der Waals surface area contributed by atoms with Crippen LogP contribution < -0.4 is 0 Å². The summed E-state index contributed by atoms with van der Waals surface area (Å²) in [5.41, 5.74) is 0. The van der Waals surface area contributed by atoms with Crippen molar-refractivity contribution in [3.8, 4) is 0 Å². The van der Waals surface area contributed by atoms with Crippen LogP contribution in [0.5, 0.6) is 0 Å². The van der Waals surface area contributed by atoms with Crippen molar-refractivity contribution in [2.75, 3.05) is 0 Å². The number of rotatable bonds is 0. The zero-order valence-electron chi connectivity index (χ0n) is 6.04. The van der Waals surface area contributed by atoms with Crippen molar-refractivity contribution < 1.29 is 0 Å². The number of nitrogens with zero attached hydrogens (tertiary/aromatic N) is 1. The first kappa shape index (κ1) is 8.15. The third-order valence-corrected chi connectivity index (χ3v) is 0.872. The van der Waals surface area contributed by atoms with Crippen LogP contribution in [0.15, 0.2) is 29.4 Å². The van der Waals surface area contributed by atoms with E-state index in [0.29, 0.717) is 0 Å². The molecule has 0 aromatic carbocycles. The average Bonchev–Trinajstić information content (AvgIpc) is 2.43. The third-order valence-electron chi connectivity index (χ3n) is 0.872. The minimum Gasteiger partial charge on any atom is -0.269 e. The molecule has 1 nitrogen and oxygen atoms in total. The molecule has 0 radical (unpaired) electrons. The molecule has 0 atom stereocenters. The number of allylic oxidation sites excluding steroid dienone is 3. The summed E-state index contributed by atoms with van der Waals surface area (Å²) in [4.78, 5) is 3.78. The van der Waals surface area contributed by atoms with E-state index in [1.807, 2.05) is 38.3 Å². The third kappa shape index (κ3) is 7.15. The fraction of sp³-hybridized carbons (Fsp3) is 0.375. The van der Waals surface area contributed by atoms with E-state index in [2.05, 4.69) is 4.99 Å². The number of hydrogen-bond acceptors (Lipinski definition) is 1. The zero-order valence-corrected chi connectivity index (χ0v) is 6.04. The van der Waals surface area contributed by atoms with Gasteiger partial charge in [0.05, 0.1) is 0 Å². The Morgan fingerprint density at radius 3 is 2.11 bits per heavy atom. The molecule has 0 aromatic heterocycles. The first-order chi connectivity index (χ1) is 4.41. The summed E-state index contributed by atoms with van der Waals surface area (Å²) in [6.07, 6.45) is 10.7. The number of hydrogen-bond donors (Lipinski definition) is 0. The lowest BCUT2D eigenvalue weighted by Crippen LogP contribution is -1.51. The van der Waals surface area contributed by atoms with Crippen LogP contribution in [0.4, 0.5) is 0 Å². The lowest BCUT2D eigenvalue weighted by atomic mass is 10.5. The maximum absolute atomic E-state index is 3.78. The van der Waals surface area contributed by atoms with Crippen molar-refractivity contribution in [3.63, 3.8) is 0 Å². The average molecular weight is 123 g/mol. The van der Waals surface area contributed by atoms with Crippen molar-refractivity contribution in [1.82, 2.24) is 0 Å². The highest BCUT2D eigenvalue weighted by Gasteiger charge is 1.73. The van der Waals surface area contributed by atoms with Gasteiger partial charge in [0.2, 0.25) is 0 Å². The van der Waals surface area contributed by atoms with E-state index in [1.165, 1.54) is 0 Å². The zero-order chi connectivity index (χ0) is 6.95. The monoisotopic (exact) mass is 123 g/mol. The highest BCUT2D eigenvalue weighted by atomic mass is 14.7. The SMILES string of the molecule is C1=CN=CC1.CC=CC. The van der Waals surface area contributed by atoms with Crippen molar-refractivity contribution in [3.05, 3.63) is 24.4 Å². The molecule has 0 saturated carbocycles. The Balaban J connectivity index is 0.000000148. The van der Waals surface area contributed by atoms with Gasteiger partial charge in [-0.1, -0.05) is 18.2 Å². The highest BCUT2D eigenvalue weighted by Crippen LogP contribution is 1.86. The smallest absolute Gasteiger partial charge is 0.0227 e. The fourth-order valence-electron chi connectivity index (χ4n) is 0.304. The lowest BCUT2D eigenvalue weighted by molar-refractivity contribution is 1.60. The van der Waals surface area contributed by atoms with Crippen LogP contribution in [0.25, 0.3) is 0 Å². The molecule has 0 fully saturated rings. The second-order valence-corrected chi connectivity index (χ2v) is 1.62. The van der Waals surface area contributed by atoms with Crippen LogP contribution in [0, 0.1) is 0 Å². The molecule has 1 rings (SSSR count). The summed E-state index contributed by atoms with van der Waals surface area (Å²) in [5.74, 6) is 0. The molecule has 50 valence electrons. The second kappa shape index (κ2) is 7.15. The first-order valence-corrected chi connectivity index (χ1v) is 3.15. The minimum atomic E-state index is 1.03. The van der Waals surface area contributed by atoms with Gasteiger partial charge in [0.15, 0.2) is 0 Å². The predicted octanol–water partition coefficient (Wildman–Crippen LogP) is 2.56. The number of aliphatic imine (C=N–C) groups is 1. The van der Waals surface area contributed by atoms with E-state index < -0.39 is 0 Å². The van der Waals surface area contributed by atoms with Crippen LogP contribution in [0.1, 0.15) is 20.3 Å². The molecule has 1 aliphatic heterocycles. The van der Waals surface area contributed by atoms with Gasteiger partial charge in [-0.15, -0.1) is 0 Å². The van der Waals surface area contributed by atoms with Gasteiger partial charge in [-0.2, -0.15) is 0 Å². The van der Waals surface area contributed by atoms with Gasteiger partial charge < -0.3 is 0 Å². The van der Waals surface area contributed by atoms with Crippen LogP contribution in [0.3, 0.4) is 0 Å². The van der Waals surface area contributed by atoms with E-state index in [0.717, 1.165) is 6.42 Å². The van der Waals surface area contributed by atoms with Crippen molar-refractivity contribution >= 4 is 6.21 Å². The summed E-state index contributed by atoms with van der Waals surface area (Å²) >= 11 is 0. The molecule has 0 saturated heterocycles. The Hall–Kier alpha value is -0.850. The molecular formula is C8H13N. The molecule has 0 amide bonds. The van der Waals surface area contributed by atoms with Gasteiger partial charge in [-0.05, 0) is 13.8 Å². The van der Waals surface area contributed by atoms with Gasteiger partial charge in [-0.3, -0.25) is 4.99 Å². The van der Waals surface area contributed by atoms with E-state index in [4.69, 9.17) is 0 Å². The molecule has 1 heterocycles. The summed E-state index contributed by atoms with van der Waals surface area (Å²) in [6, 6.07) is 0. The Labute approximate surface area is 56.8 Å². The molecule has 0 bridgehead atoms. The molecule has 1 heteroatoms. The lowest BCUT2D eigenvalue weighted by Gasteiger charge is -1.54. The van der Waals surface area contributed by atoms with Crippen LogP contribution in [-0.2, 0) is 0 Å². The van der Waals surface area contributed by atoms with Crippen LogP contribution in [0.2, 0.25) is 0 Å².